The van der Waals surface area contributed by atoms with Gasteiger partial charge in [0.05, 0.1) is 5.76 Å². The van der Waals surface area contributed by atoms with Crippen LogP contribution in [0.2, 0.25) is 0 Å². The van der Waals surface area contributed by atoms with Gasteiger partial charge in [0.1, 0.15) is 11.8 Å². The van der Waals surface area contributed by atoms with Crippen molar-refractivity contribution in [2.45, 2.75) is 52.0 Å². The van der Waals surface area contributed by atoms with Gasteiger partial charge in [-0.1, -0.05) is 38.3 Å². The normalized spacial score (nSPS) is 21.7. The van der Waals surface area contributed by atoms with E-state index in [0.29, 0.717) is 0 Å². The zero-order chi connectivity index (χ0) is 18.8. The minimum absolute atomic E-state index is 0.221. The number of nitrogens with zero attached hydrogens (tertiary/aromatic N) is 2. The highest BCUT2D eigenvalue weighted by atomic mass is 16.5. The maximum Gasteiger partial charge on any atom is 0.138 e. The van der Waals surface area contributed by atoms with Crippen LogP contribution in [0.4, 0.5) is 5.69 Å². The molecule has 1 aliphatic carbocycles. The summed E-state index contributed by atoms with van der Waals surface area (Å²) in [5.41, 5.74) is 3.81. The highest BCUT2D eigenvalue weighted by Crippen LogP contribution is 2.37. The summed E-state index contributed by atoms with van der Waals surface area (Å²) in [6, 6.07) is 9.24. The highest BCUT2D eigenvalue weighted by Gasteiger charge is 2.30. The number of hydrogen-bond donors (Lipinski definition) is 0. The number of hydrogen-bond acceptors (Lipinski definition) is 3. The maximum absolute atomic E-state index is 6.09. The molecule has 0 bridgehead atoms. The third kappa shape index (κ3) is 3.78. The first-order valence-corrected chi connectivity index (χ1v) is 10.5. The number of anilines is 1. The summed E-state index contributed by atoms with van der Waals surface area (Å²) in [4.78, 5) is 4.78. The van der Waals surface area contributed by atoms with Gasteiger partial charge in [0.15, 0.2) is 0 Å². The monoisotopic (exact) mass is 364 g/mol. The standard InChI is InChI=1S/C24H32N2O/c1-4-13-26(15-11-19-7-5-8-19)21-10-6-9-20(17-21)22-12-14-25(3)23-16-18(2)27-24(22)23/h6,9-10,12,14,16-17,19,23H,4-5,7-8,11,13,15H2,1-3H3. The lowest BCUT2D eigenvalue weighted by molar-refractivity contribution is 0.278. The Bertz CT molecular complexity index is 772. The topological polar surface area (TPSA) is 15.7 Å². The molecule has 27 heavy (non-hydrogen) atoms. The minimum Gasteiger partial charge on any atom is -0.463 e. The molecule has 3 aliphatic rings. The number of ether oxygens (including phenoxy) is 1. The third-order valence-corrected chi connectivity index (χ3v) is 6.16. The van der Waals surface area contributed by atoms with E-state index in [1.54, 1.807) is 0 Å². The van der Waals surface area contributed by atoms with E-state index in [-0.39, 0.29) is 6.04 Å². The number of likely N-dealkylation sites (N-methyl/N-ethyl adjacent to an activating group) is 1. The molecule has 0 radical (unpaired) electrons. The molecule has 1 aromatic rings. The van der Waals surface area contributed by atoms with Crippen molar-refractivity contribution in [3.05, 3.63) is 59.7 Å². The van der Waals surface area contributed by atoms with Crippen LogP contribution >= 0.6 is 0 Å². The van der Waals surface area contributed by atoms with E-state index in [1.807, 2.05) is 6.92 Å². The zero-order valence-electron chi connectivity index (χ0n) is 16.9. The van der Waals surface area contributed by atoms with Crippen molar-refractivity contribution in [3.8, 4) is 0 Å². The Hall–Kier alpha value is -2.16. The van der Waals surface area contributed by atoms with Crippen molar-refractivity contribution in [3.63, 3.8) is 0 Å². The summed E-state index contributed by atoms with van der Waals surface area (Å²) in [7, 11) is 2.11. The van der Waals surface area contributed by atoms with E-state index < -0.39 is 0 Å². The summed E-state index contributed by atoms with van der Waals surface area (Å²) in [6.45, 7) is 6.61. The molecule has 2 heterocycles. The fourth-order valence-corrected chi connectivity index (χ4v) is 4.32. The van der Waals surface area contributed by atoms with Gasteiger partial charge in [-0.3, -0.25) is 0 Å². The molecule has 0 spiro atoms. The first-order chi connectivity index (χ1) is 13.2. The summed E-state index contributed by atoms with van der Waals surface area (Å²) in [5.74, 6) is 3.01. The Morgan fingerprint density at radius 3 is 2.81 bits per heavy atom. The highest BCUT2D eigenvalue weighted by molar-refractivity contribution is 5.80. The number of fused-ring (bicyclic) bond motifs is 1. The van der Waals surface area contributed by atoms with Crippen molar-refractivity contribution >= 4 is 11.3 Å². The molecule has 0 N–H and O–H groups in total. The van der Waals surface area contributed by atoms with E-state index in [2.05, 4.69) is 66.4 Å². The fraction of sp³-hybridized carbons (Fsp3) is 0.500. The van der Waals surface area contributed by atoms with Crippen LogP contribution in [0.1, 0.15) is 51.5 Å². The van der Waals surface area contributed by atoms with E-state index in [1.165, 1.54) is 55.5 Å². The Balaban J connectivity index is 1.58. The molecule has 2 aliphatic heterocycles. The fourth-order valence-electron chi connectivity index (χ4n) is 4.32. The first-order valence-electron chi connectivity index (χ1n) is 10.5. The largest absolute Gasteiger partial charge is 0.463 e. The molecule has 0 amide bonds. The van der Waals surface area contributed by atoms with Gasteiger partial charge in [-0.2, -0.15) is 0 Å². The molecular weight excluding hydrogens is 332 g/mol. The second kappa shape index (κ2) is 7.84. The molecule has 0 aromatic heterocycles. The number of rotatable bonds is 7. The SMILES string of the molecule is CCCN(CCC1CCC1)c1cccc(C2=C3OC(C)=CC3N(C)C=C2)c1. The molecule has 3 heteroatoms. The molecule has 0 saturated heterocycles. The average molecular weight is 365 g/mol. The molecule has 144 valence electrons. The Morgan fingerprint density at radius 1 is 1.22 bits per heavy atom. The number of benzene rings is 1. The summed E-state index contributed by atoms with van der Waals surface area (Å²) in [6.07, 6.45) is 13.4. The summed E-state index contributed by atoms with van der Waals surface area (Å²) >= 11 is 0. The van der Waals surface area contributed by atoms with Gasteiger partial charge in [0.2, 0.25) is 0 Å². The van der Waals surface area contributed by atoms with Gasteiger partial charge < -0.3 is 14.5 Å². The summed E-state index contributed by atoms with van der Waals surface area (Å²) < 4.78 is 6.09. The molecule has 1 unspecified atom stereocenters. The van der Waals surface area contributed by atoms with Crippen LogP contribution in [0.15, 0.2) is 54.1 Å². The third-order valence-electron chi connectivity index (χ3n) is 6.16. The smallest absolute Gasteiger partial charge is 0.138 e. The quantitative estimate of drug-likeness (QED) is 0.629. The molecule has 1 atom stereocenters. The van der Waals surface area contributed by atoms with Crippen molar-refractivity contribution < 1.29 is 4.74 Å². The second-order valence-corrected chi connectivity index (χ2v) is 8.21. The lowest BCUT2D eigenvalue weighted by atomic mass is 9.83. The Morgan fingerprint density at radius 2 is 2.07 bits per heavy atom. The van der Waals surface area contributed by atoms with E-state index in [4.69, 9.17) is 4.74 Å². The van der Waals surface area contributed by atoms with Crippen LogP contribution in [-0.2, 0) is 4.74 Å². The maximum atomic E-state index is 6.09. The minimum atomic E-state index is 0.221. The Kier molecular flexibility index (Phi) is 5.29. The van der Waals surface area contributed by atoms with Gasteiger partial charge in [-0.15, -0.1) is 0 Å². The average Bonchev–Trinajstić information content (AvgIpc) is 3.02. The molecule has 4 rings (SSSR count). The second-order valence-electron chi connectivity index (χ2n) is 8.21. The van der Waals surface area contributed by atoms with Gasteiger partial charge >= 0.3 is 0 Å². The predicted molar refractivity (Wildman–Crippen MR) is 113 cm³/mol. The van der Waals surface area contributed by atoms with Crippen LogP contribution in [0, 0.1) is 5.92 Å². The van der Waals surface area contributed by atoms with Crippen LogP contribution in [0.3, 0.4) is 0 Å². The predicted octanol–water partition coefficient (Wildman–Crippen LogP) is 5.57. The molecule has 1 fully saturated rings. The van der Waals surface area contributed by atoms with Crippen molar-refractivity contribution in [2.75, 3.05) is 25.0 Å². The van der Waals surface area contributed by atoms with Gasteiger partial charge in [0.25, 0.3) is 0 Å². The Labute approximate surface area is 164 Å². The van der Waals surface area contributed by atoms with Crippen LogP contribution in [0.25, 0.3) is 5.57 Å². The van der Waals surface area contributed by atoms with E-state index >= 15 is 0 Å². The van der Waals surface area contributed by atoms with Crippen LogP contribution in [0.5, 0.6) is 0 Å². The van der Waals surface area contributed by atoms with Crippen molar-refractivity contribution in [1.82, 2.24) is 4.90 Å². The van der Waals surface area contributed by atoms with E-state index in [0.717, 1.165) is 24.0 Å². The van der Waals surface area contributed by atoms with Crippen molar-refractivity contribution in [1.29, 1.82) is 0 Å². The molecule has 3 nitrogen and oxygen atoms in total. The lowest BCUT2D eigenvalue weighted by Crippen LogP contribution is -2.29. The van der Waals surface area contributed by atoms with Crippen molar-refractivity contribution in [2.24, 2.45) is 5.92 Å². The summed E-state index contributed by atoms with van der Waals surface area (Å²) in [5, 5.41) is 0. The van der Waals surface area contributed by atoms with Gasteiger partial charge in [-0.25, -0.2) is 0 Å². The molecular formula is C24H32N2O. The molecule has 1 saturated carbocycles. The lowest BCUT2D eigenvalue weighted by Gasteiger charge is -2.31. The number of allylic oxidation sites excluding steroid dienone is 3. The molecule has 1 aromatic carbocycles. The van der Waals surface area contributed by atoms with Crippen LogP contribution < -0.4 is 4.90 Å². The zero-order valence-corrected chi connectivity index (χ0v) is 16.9. The van der Waals surface area contributed by atoms with E-state index in [9.17, 15) is 0 Å². The van der Waals surface area contributed by atoms with Gasteiger partial charge in [-0.05, 0) is 55.5 Å². The van der Waals surface area contributed by atoms with Crippen LogP contribution in [-0.4, -0.2) is 31.1 Å². The first kappa shape index (κ1) is 18.2. The van der Waals surface area contributed by atoms with Gasteiger partial charge in [0, 0.05) is 37.6 Å².